The number of Topliss-reactive ketones (excluding diaryl/α,β-unsaturated/α-hetero) is 1. The summed E-state index contributed by atoms with van der Waals surface area (Å²) >= 11 is 0. The second kappa shape index (κ2) is 7.91. The maximum atomic E-state index is 13.0. The van der Waals surface area contributed by atoms with Crippen molar-refractivity contribution in [3.63, 3.8) is 0 Å². The zero-order valence-corrected chi connectivity index (χ0v) is 15.3. The SMILES string of the molecule is CS(=O)c1ccc(C(=O)C2CCN(C(=O)c3ccc(F)cc3)CC2)cc1. The summed E-state index contributed by atoms with van der Waals surface area (Å²) in [5.41, 5.74) is 1.07. The Morgan fingerprint density at radius 1 is 0.962 bits per heavy atom. The number of carbonyl (C=O) groups is 2. The minimum atomic E-state index is -1.06. The van der Waals surface area contributed by atoms with E-state index in [0.717, 1.165) is 0 Å². The first kappa shape index (κ1) is 18.5. The lowest BCUT2D eigenvalue weighted by Gasteiger charge is -2.31. The molecule has 0 N–H and O–H groups in total. The van der Waals surface area contributed by atoms with Gasteiger partial charge in [0.25, 0.3) is 5.91 Å². The number of ketones is 1. The normalized spacial score (nSPS) is 16.3. The van der Waals surface area contributed by atoms with E-state index in [1.54, 1.807) is 35.4 Å². The summed E-state index contributed by atoms with van der Waals surface area (Å²) in [6.07, 6.45) is 2.81. The molecule has 1 aliphatic rings. The van der Waals surface area contributed by atoms with E-state index in [2.05, 4.69) is 0 Å². The summed E-state index contributed by atoms with van der Waals surface area (Å²) < 4.78 is 24.4. The molecule has 0 aromatic heterocycles. The fourth-order valence-electron chi connectivity index (χ4n) is 3.17. The number of piperidine rings is 1. The van der Waals surface area contributed by atoms with Crippen molar-refractivity contribution < 1.29 is 18.2 Å². The molecular weight excluding hydrogens is 353 g/mol. The van der Waals surface area contributed by atoms with Gasteiger partial charge in [0.1, 0.15) is 5.82 Å². The lowest BCUT2D eigenvalue weighted by molar-refractivity contribution is 0.0650. The first-order valence-electron chi connectivity index (χ1n) is 8.48. The van der Waals surface area contributed by atoms with Crippen molar-refractivity contribution in [1.82, 2.24) is 4.90 Å². The van der Waals surface area contributed by atoms with Crippen molar-refractivity contribution in [2.45, 2.75) is 17.7 Å². The average Bonchev–Trinajstić information content (AvgIpc) is 2.67. The van der Waals surface area contributed by atoms with Gasteiger partial charge in [0.15, 0.2) is 5.78 Å². The van der Waals surface area contributed by atoms with Gasteiger partial charge < -0.3 is 4.90 Å². The van der Waals surface area contributed by atoms with Crippen LogP contribution >= 0.6 is 0 Å². The zero-order valence-electron chi connectivity index (χ0n) is 14.5. The Kier molecular flexibility index (Phi) is 5.61. The minimum Gasteiger partial charge on any atom is -0.339 e. The maximum absolute atomic E-state index is 13.0. The van der Waals surface area contributed by atoms with Gasteiger partial charge in [0.05, 0.1) is 0 Å². The highest BCUT2D eigenvalue weighted by molar-refractivity contribution is 7.84. The molecule has 6 heteroatoms. The van der Waals surface area contributed by atoms with E-state index in [1.807, 2.05) is 0 Å². The molecule has 4 nitrogen and oxygen atoms in total. The highest BCUT2D eigenvalue weighted by Crippen LogP contribution is 2.23. The highest BCUT2D eigenvalue weighted by Gasteiger charge is 2.28. The number of likely N-dealkylation sites (tertiary alicyclic amines) is 1. The van der Waals surface area contributed by atoms with Crippen molar-refractivity contribution in [3.05, 3.63) is 65.5 Å². The van der Waals surface area contributed by atoms with Crippen LogP contribution in [0.5, 0.6) is 0 Å². The molecule has 3 rings (SSSR count). The number of hydrogen-bond donors (Lipinski definition) is 0. The van der Waals surface area contributed by atoms with Crippen LogP contribution in [-0.2, 0) is 10.8 Å². The lowest BCUT2D eigenvalue weighted by Crippen LogP contribution is -2.40. The Morgan fingerprint density at radius 3 is 2.04 bits per heavy atom. The molecule has 0 aliphatic carbocycles. The van der Waals surface area contributed by atoms with Gasteiger partial charge in [-0.1, -0.05) is 12.1 Å². The van der Waals surface area contributed by atoms with E-state index in [1.165, 1.54) is 24.3 Å². The molecule has 1 unspecified atom stereocenters. The third-order valence-corrected chi connectivity index (χ3v) is 5.65. The van der Waals surface area contributed by atoms with Gasteiger partial charge in [0.2, 0.25) is 0 Å². The van der Waals surface area contributed by atoms with Gasteiger partial charge in [-0.05, 0) is 49.2 Å². The van der Waals surface area contributed by atoms with Gasteiger partial charge in [-0.2, -0.15) is 0 Å². The first-order chi connectivity index (χ1) is 12.5. The fraction of sp³-hybridized carbons (Fsp3) is 0.300. The third kappa shape index (κ3) is 4.07. The van der Waals surface area contributed by atoms with Crippen LogP contribution in [-0.4, -0.2) is 40.1 Å². The highest BCUT2D eigenvalue weighted by atomic mass is 32.2. The molecule has 2 aromatic rings. The summed E-state index contributed by atoms with van der Waals surface area (Å²) in [5, 5.41) is 0. The maximum Gasteiger partial charge on any atom is 0.253 e. The Labute approximate surface area is 154 Å². The first-order valence-corrected chi connectivity index (χ1v) is 10.0. The fourth-order valence-corrected chi connectivity index (χ4v) is 3.69. The largest absolute Gasteiger partial charge is 0.339 e. The predicted octanol–water partition coefficient (Wildman–Crippen LogP) is 3.30. The van der Waals surface area contributed by atoms with E-state index in [0.29, 0.717) is 42.0 Å². The second-order valence-corrected chi connectivity index (χ2v) is 7.80. The lowest BCUT2D eigenvalue weighted by atomic mass is 9.88. The monoisotopic (exact) mass is 373 g/mol. The standard InChI is InChI=1S/C20H20FNO3S/c1-26(25)18-8-4-14(5-9-18)19(23)15-10-12-22(13-11-15)20(24)16-2-6-17(21)7-3-16/h2-9,15H,10-13H2,1H3. The Bertz CT molecular complexity index is 825. The molecule has 1 heterocycles. The Morgan fingerprint density at radius 2 is 1.50 bits per heavy atom. The van der Waals surface area contributed by atoms with Gasteiger partial charge in [-0.15, -0.1) is 0 Å². The van der Waals surface area contributed by atoms with Crippen LogP contribution < -0.4 is 0 Å². The molecule has 1 fully saturated rings. The molecule has 1 atom stereocenters. The summed E-state index contributed by atoms with van der Waals surface area (Å²) in [6, 6.07) is 12.4. The van der Waals surface area contributed by atoms with Gasteiger partial charge in [-0.25, -0.2) is 4.39 Å². The minimum absolute atomic E-state index is 0.0623. The van der Waals surface area contributed by atoms with Gasteiger partial charge >= 0.3 is 0 Å². The quantitative estimate of drug-likeness (QED) is 0.773. The second-order valence-electron chi connectivity index (χ2n) is 6.42. The van der Waals surface area contributed by atoms with Crippen molar-refractivity contribution in [2.24, 2.45) is 5.92 Å². The third-order valence-electron chi connectivity index (χ3n) is 4.71. The molecule has 0 saturated carbocycles. The van der Waals surface area contributed by atoms with Crippen LogP contribution in [0.15, 0.2) is 53.4 Å². The Hall–Kier alpha value is -2.34. The number of halogens is 1. The number of benzene rings is 2. The number of amides is 1. The van der Waals surface area contributed by atoms with E-state index in [4.69, 9.17) is 0 Å². The topological polar surface area (TPSA) is 54.5 Å². The average molecular weight is 373 g/mol. The number of rotatable bonds is 4. The van der Waals surface area contributed by atoms with Crippen LogP contribution in [0.4, 0.5) is 4.39 Å². The van der Waals surface area contributed by atoms with Crippen molar-refractivity contribution in [2.75, 3.05) is 19.3 Å². The number of carbonyl (C=O) groups excluding carboxylic acids is 2. The van der Waals surface area contributed by atoms with E-state index in [9.17, 15) is 18.2 Å². The molecule has 136 valence electrons. The summed E-state index contributed by atoms with van der Waals surface area (Å²) in [5.74, 6) is -0.563. The van der Waals surface area contributed by atoms with E-state index < -0.39 is 10.8 Å². The van der Waals surface area contributed by atoms with Crippen molar-refractivity contribution >= 4 is 22.5 Å². The van der Waals surface area contributed by atoms with Gasteiger partial charge in [0, 0.05) is 52.1 Å². The van der Waals surface area contributed by atoms with Crippen LogP contribution in [0.1, 0.15) is 33.6 Å². The van der Waals surface area contributed by atoms with Crippen LogP contribution in [0.25, 0.3) is 0 Å². The number of hydrogen-bond acceptors (Lipinski definition) is 3. The van der Waals surface area contributed by atoms with Gasteiger partial charge in [-0.3, -0.25) is 13.8 Å². The molecular formula is C20H20FNO3S. The molecule has 1 aliphatic heterocycles. The summed E-state index contributed by atoms with van der Waals surface area (Å²) in [6.45, 7) is 1.01. The molecule has 1 saturated heterocycles. The van der Waals surface area contributed by atoms with Crippen LogP contribution in [0.3, 0.4) is 0 Å². The summed E-state index contributed by atoms with van der Waals surface area (Å²) in [7, 11) is -1.06. The van der Waals surface area contributed by atoms with Crippen molar-refractivity contribution in [1.29, 1.82) is 0 Å². The summed E-state index contributed by atoms with van der Waals surface area (Å²) in [4.78, 5) is 27.5. The number of nitrogens with zero attached hydrogens (tertiary/aromatic N) is 1. The molecule has 0 bridgehead atoms. The smallest absolute Gasteiger partial charge is 0.253 e. The Balaban J connectivity index is 1.60. The molecule has 26 heavy (non-hydrogen) atoms. The van der Waals surface area contributed by atoms with E-state index in [-0.39, 0.29) is 23.4 Å². The zero-order chi connectivity index (χ0) is 18.7. The molecule has 0 spiro atoms. The molecule has 1 amide bonds. The molecule has 0 radical (unpaired) electrons. The van der Waals surface area contributed by atoms with Crippen LogP contribution in [0, 0.1) is 11.7 Å². The van der Waals surface area contributed by atoms with Crippen molar-refractivity contribution in [3.8, 4) is 0 Å². The predicted molar refractivity (Wildman–Crippen MR) is 98.1 cm³/mol. The molecule has 2 aromatic carbocycles. The van der Waals surface area contributed by atoms with E-state index >= 15 is 0 Å². The van der Waals surface area contributed by atoms with Crippen LogP contribution in [0.2, 0.25) is 0 Å².